The van der Waals surface area contributed by atoms with Gasteiger partial charge < -0.3 is 9.57 Å². The average Bonchev–Trinajstić information content (AvgIpc) is 2.50. The minimum absolute atomic E-state index is 0.0455. The summed E-state index contributed by atoms with van der Waals surface area (Å²) < 4.78 is 45.9. The topological polar surface area (TPSA) is 64.8 Å². The number of ether oxygens (including phenoxy) is 1. The first kappa shape index (κ1) is 18.8. The second-order valence-corrected chi connectivity index (χ2v) is 6.34. The molecule has 1 saturated heterocycles. The minimum Gasteiger partial charge on any atom is -0.466 e. The normalized spacial score (nSPS) is 32.4. The van der Waals surface area contributed by atoms with E-state index in [0.29, 0.717) is 13.1 Å². The van der Waals surface area contributed by atoms with Crippen LogP contribution in [0, 0.1) is 17.0 Å². The number of hydrogen-bond acceptors (Lipinski definition) is 5. The zero-order valence-electron chi connectivity index (χ0n) is 14.1. The molecular formula is C15H23F3N2O4. The van der Waals surface area contributed by atoms with Crippen molar-refractivity contribution < 1.29 is 32.4 Å². The Kier molecular flexibility index (Phi) is 5.31. The van der Waals surface area contributed by atoms with E-state index in [0.717, 1.165) is 26.2 Å². The van der Waals surface area contributed by atoms with E-state index < -0.39 is 35.4 Å². The molecule has 0 saturated carbocycles. The molecule has 0 N–H and O–H groups in total. The highest BCUT2D eigenvalue weighted by atomic mass is 19.4. The Morgan fingerprint density at radius 3 is 2.50 bits per heavy atom. The summed E-state index contributed by atoms with van der Waals surface area (Å²) in [6.07, 6.45) is -2.27. The summed E-state index contributed by atoms with van der Waals surface area (Å²) in [5.74, 6) is -4.89. The zero-order valence-corrected chi connectivity index (χ0v) is 14.1. The Hall–Kier alpha value is -1.51. The third kappa shape index (κ3) is 3.31. The summed E-state index contributed by atoms with van der Waals surface area (Å²) in [7, 11) is 0. The molecule has 2 aliphatic heterocycles. The second-order valence-electron chi connectivity index (χ2n) is 6.34. The summed E-state index contributed by atoms with van der Waals surface area (Å²) in [6, 6.07) is 0. The molecule has 9 heteroatoms. The Balaban J connectivity index is 2.52. The molecule has 0 aromatic heterocycles. The van der Waals surface area contributed by atoms with Crippen LogP contribution >= 0.6 is 0 Å². The van der Waals surface area contributed by atoms with Crippen LogP contribution < -0.4 is 0 Å². The van der Waals surface area contributed by atoms with Crippen molar-refractivity contribution in [3.63, 3.8) is 0 Å². The molecular weight excluding hydrogens is 329 g/mol. The zero-order chi connectivity index (χ0) is 18.1. The van der Waals surface area contributed by atoms with E-state index in [4.69, 9.17) is 9.57 Å². The van der Waals surface area contributed by atoms with Gasteiger partial charge in [-0.3, -0.25) is 14.9 Å². The van der Waals surface area contributed by atoms with Gasteiger partial charge in [-0.15, -0.1) is 0 Å². The molecule has 1 fully saturated rings. The van der Waals surface area contributed by atoms with Gasteiger partial charge in [0.25, 0.3) is 0 Å². The molecule has 2 heterocycles. The Labute approximate surface area is 138 Å². The number of halogens is 3. The fraction of sp³-hybridized carbons (Fsp3) is 0.867. The summed E-state index contributed by atoms with van der Waals surface area (Å²) in [5, 5.41) is 12.0. The Morgan fingerprint density at radius 2 is 2.00 bits per heavy atom. The number of piperidine rings is 1. The predicted molar refractivity (Wildman–Crippen MR) is 78.9 cm³/mol. The lowest BCUT2D eigenvalue weighted by Gasteiger charge is -2.51. The molecule has 138 valence electrons. The van der Waals surface area contributed by atoms with Gasteiger partial charge in [0, 0.05) is 11.8 Å². The van der Waals surface area contributed by atoms with E-state index >= 15 is 0 Å². The van der Waals surface area contributed by atoms with Crippen LogP contribution in [0.2, 0.25) is 0 Å². The van der Waals surface area contributed by atoms with Crippen molar-refractivity contribution in [3.05, 3.63) is 5.21 Å². The van der Waals surface area contributed by atoms with Crippen LogP contribution in [-0.4, -0.2) is 53.1 Å². The van der Waals surface area contributed by atoms with Crippen LogP contribution in [0.5, 0.6) is 0 Å². The van der Waals surface area contributed by atoms with E-state index in [1.807, 2.05) is 0 Å². The van der Waals surface area contributed by atoms with Crippen LogP contribution in [0.1, 0.15) is 40.0 Å². The number of carbonyl (C=O) groups excluding carboxylic acids is 1. The van der Waals surface area contributed by atoms with Gasteiger partial charge in [-0.2, -0.15) is 13.2 Å². The van der Waals surface area contributed by atoms with E-state index in [-0.39, 0.29) is 11.5 Å². The molecule has 2 aliphatic rings. The van der Waals surface area contributed by atoms with Crippen molar-refractivity contribution >= 4 is 11.7 Å². The highest BCUT2D eigenvalue weighted by Crippen LogP contribution is 2.45. The lowest BCUT2D eigenvalue weighted by molar-refractivity contribution is -0.785. The highest BCUT2D eigenvalue weighted by molar-refractivity contribution is 5.87. The van der Waals surface area contributed by atoms with Gasteiger partial charge in [0.05, 0.1) is 6.61 Å². The van der Waals surface area contributed by atoms with Gasteiger partial charge in [-0.25, -0.2) is 0 Å². The van der Waals surface area contributed by atoms with Crippen LogP contribution in [-0.2, 0) is 14.4 Å². The first-order valence-corrected chi connectivity index (χ1v) is 8.11. The maximum absolute atomic E-state index is 13.7. The first-order chi connectivity index (χ1) is 11.1. The van der Waals surface area contributed by atoms with Gasteiger partial charge in [0.1, 0.15) is 11.6 Å². The van der Waals surface area contributed by atoms with Crippen molar-refractivity contribution in [2.45, 2.75) is 51.9 Å². The van der Waals surface area contributed by atoms with Gasteiger partial charge in [0.2, 0.25) is 5.71 Å². The lowest BCUT2D eigenvalue weighted by Crippen LogP contribution is -2.66. The van der Waals surface area contributed by atoms with Gasteiger partial charge in [0.15, 0.2) is 5.92 Å². The number of carbonyl (C=O) groups is 1. The van der Waals surface area contributed by atoms with E-state index in [1.165, 1.54) is 13.8 Å². The molecule has 24 heavy (non-hydrogen) atoms. The molecule has 0 bridgehead atoms. The Bertz CT molecular complexity index is 517. The van der Waals surface area contributed by atoms with Crippen LogP contribution in [0.3, 0.4) is 0 Å². The van der Waals surface area contributed by atoms with Gasteiger partial charge in [-0.1, -0.05) is 6.42 Å². The molecule has 0 spiro atoms. The largest absolute Gasteiger partial charge is 0.466 e. The molecule has 0 aromatic rings. The molecule has 2 rings (SSSR count). The smallest absolute Gasteiger partial charge is 0.402 e. The highest BCUT2D eigenvalue weighted by Gasteiger charge is 2.63. The van der Waals surface area contributed by atoms with Gasteiger partial charge >= 0.3 is 12.1 Å². The second kappa shape index (κ2) is 6.78. The number of hydrogen-bond donors (Lipinski definition) is 0. The Morgan fingerprint density at radius 1 is 1.42 bits per heavy atom. The number of rotatable bonds is 3. The number of alkyl halides is 3. The summed E-state index contributed by atoms with van der Waals surface area (Å²) >= 11 is 0. The lowest BCUT2D eigenvalue weighted by atomic mass is 9.78. The minimum atomic E-state index is -4.76. The maximum Gasteiger partial charge on any atom is 0.402 e. The summed E-state index contributed by atoms with van der Waals surface area (Å²) in [4.78, 5) is 19.3. The predicted octanol–water partition coefficient (Wildman–Crippen LogP) is 2.46. The maximum atomic E-state index is 13.7. The van der Waals surface area contributed by atoms with Crippen molar-refractivity contribution in [2.24, 2.45) is 11.8 Å². The summed E-state index contributed by atoms with van der Waals surface area (Å²) in [6.45, 7) is 4.81. The van der Waals surface area contributed by atoms with E-state index in [1.54, 1.807) is 4.90 Å². The average molecular weight is 352 g/mol. The van der Waals surface area contributed by atoms with Crippen molar-refractivity contribution in [1.82, 2.24) is 4.90 Å². The van der Waals surface area contributed by atoms with Crippen LogP contribution in [0.4, 0.5) is 13.2 Å². The molecule has 0 amide bonds. The standard InChI is InChI=1S/C15H23F3N2O4/c1-4-23-13(21)12-11(15(16,17)18)10(2)20(22)24-14(12,3)19-8-6-5-7-9-19/h11-12H,4-9H2,1-3H3/t11-,12-,14+/m1/s1. The van der Waals surface area contributed by atoms with Crippen molar-refractivity contribution in [1.29, 1.82) is 0 Å². The van der Waals surface area contributed by atoms with Gasteiger partial charge in [-0.05, 0) is 39.8 Å². The molecule has 6 nitrogen and oxygen atoms in total. The molecule has 3 atom stereocenters. The quantitative estimate of drug-likeness (QED) is 0.577. The van der Waals surface area contributed by atoms with E-state index in [2.05, 4.69) is 0 Å². The van der Waals surface area contributed by atoms with E-state index in [9.17, 15) is 23.2 Å². The number of esters is 1. The van der Waals surface area contributed by atoms with Crippen molar-refractivity contribution in [2.75, 3.05) is 19.7 Å². The SMILES string of the molecule is CCOC(=O)[C@H]1[C@H](C(F)(F)F)C(C)=[N+]([O-])O[C@]1(C)N1CCCCC1. The monoisotopic (exact) mass is 352 g/mol. The molecule has 0 unspecified atom stereocenters. The van der Waals surface area contributed by atoms with Crippen LogP contribution in [0.15, 0.2) is 0 Å². The number of nitrogens with zero attached hydrogens (tertiary/aromatic N) is 2. The fourth-order valence-corrected chi connectivity index (χ4v) is 3.57. The molecule has 0 aliphatic carbocycles. The fourth-order valence-electron chi connectivity index (χ4n) is 3.57. The first-order valence-electron chi connectivity index (χ1n) is 8.11. The van der Waals surface area contributed by atoms with Crippen LogP contribution in [0.25, 0.3) is 0 Å². The number of likely N-dealkylation sites (tertiary alicyclic amines) is 1. The van der Waals surface area contributed by atoms with Crippen molar-refractivity contribution in [3.8, 4) is 0 Å². The third-order valence-electron chi connectivity index (χ3n) is 4.79. The summed E-state index contributed by atoms with van der Waals surface area (Å²) in [5.41, 5.74) is -2.29. The molecule has 0 aromatic carbocycles. The third-order valence-corrected chi connectivity index (χ3v) is 4.79. The molecule has 0 radical (unpaired) electrons.